The molecule has 0 unspecified atom stereocenters. The van der Waals surface area contributed by atoms with Crippen molar-refractivity contribution in [3.8, 4) is 11.3 Å². The highest BCUT2D eigenvalue weighted by atomic mass is 19.1. The average Bonchev–Trinajstić information content (AvgIpc) is 2.98. The van der Waals surface area contributed by atoms with E-state index in [2.05, 4.69) is 15.1 Å². The first-order valence-corrected chi connectivity index (χ1v) is 7.83. The van der Waals surface area contributed by atoms with Crippen LogP contribution in [0.4, 0.5) is 10.3 Å². The Morgan fingerprint density at radius 1 is 1.04 bits per heavy atom. The molecule has 0 aliphatic rings. The minimum Gasteiger partial charge on any atom is -0.368 e. The van der Waals surface area contributed by atoms with Crippen molar-refractivity contribution in [3.05, 3.63) is 71.4 Å². The molecule has 0 aliphatic carbocycles. The molecule has 0 amide bonds. The number of rotatable bonds is 3. The van der Waals surface area contributed by atoms with Crippen molar-refractivity contribution >= 4 is 16.9 Å². The highest BCUT2D eigenvalue weighted by molar-refractivity contribution is 5.85. The van der Waals surface area contributed by atoms with Crippen molar-refractivity contribution in [3.63, 3.8) is 0 Å². The summed E-state index contributed by atoms with van der Waals surface area (Å²) in [6.07, 6.45) is 0.533. The molecule has 0 spiro atoms. The Labute approximate surface area is 143 Å². The Bertz CT molecular complexity index is 1040. The van der Waals surface area contributed by atoms with Gasteiger partial charge in [0.15, 0.2) is 0 Å². The summed E-state index contributed by atoms with van der Waals surface area (Å²) in [6.45, 7) is 1.87. The quantitative estimate of drug-likeness (QED) is 0.615. The van der Waals surface area contributed by atoms with Gasteiger partial charge in [-0.3, -0.25) is 0 Å². The molecule has 2 aromatic heterocycles. The molecular weight excluding hydrogens is 319 g/mol. The number of aryl methyl sites for hydroxylation is 1. The second kappa shape index (κ2) is 5.98. The van der Waals surface area contributed by atoms with Gasteiger partial charge < -0.3 is 10.3 Å². The lowest BCUT2D eigenvalue weighted by Crippen LogP contribution is -1.98. The van der Waals surface area contributed by atoms with E-state index in [0.717, 1.165) is 39.2 Å². The standard InChI is InChI=1S/C19H15FN4O/c1-11-8-17(23-19(21)22-11)13-4-7-16-15(10-13)18(25-24-16)9-12-2-5-14(20)6-3-12/h2-8,10H,9H2,1H3,(H2,21,22,23). The summed E-state index contributed by atoms with van der Waals surface area (Å²) in [4.78, 5) is 8.39. The van der Waals surface area contributed by atoms with Crippen LogP contribution in [-0.4, -0.2) is 15.1 Å². The molecular formula is C19H15FN4O. The van der Waals surface area contributed by atoms with Gasteiger partial charge in [0.05, 0.1) is 5.69 Å². The first-order chi connectivity index (χ1) is 12.1. The summed E-state index contributed by atoms with van der Waals surface area (Å²) in [5.41, 5.74) is 9.93. The maximum atomic E-state index is 13.1. The number of nitrogens with two attached hydrogens (primary N) is 1. The molecule has 0 atom stereocenters. The summed E-state index contributed by atoms with van der Waals surface area (Å²) >= 11 is 0. The van der Waals surface area contributed by atoms with Gasteiger partial charge in [-0.15, -0.1) is 0 Å². The van der Waals surface area contributed by atoms with E-state index in [1.165, 1.54) is 12.1 Å². The van der Waals surface area contributed by atoms with E-state index in [0.29, 0.717) is 6.42 Å². The Hall–Kier alpha value is -3.28. The number of fused-ring (bicyclic) bond motifs is 1. The van der Waals surface area contributed by atoms with Crippen molar-refractivity contribution in [2.24, 2.45) is 0 Å². The lowest BCUT2D eigenvalue weighted by atomic mass is 10.0. The largest absolute Gasteiger partial charge is 0.368 e. The molecule has 0 radical (unpaired) electrons. The average molecular weight is 334 g/mol. The van der Waals surface area contributed by atoms with Crippen LogP contribution in [0.3, 0.4) is 0 Å². The van der Waals surface area contributed by atoms with Crippen LogP contribution in [0.2, 0.25) is 0 Å². The van der Waals surface area contributed by atoms with Gasteiger partial charge in [-0.2, -0.15) is 0 Å². The zero-order valence-electron chi connectivity index (χ0n) is 13.5. The van der Waals surface area contributed by atoms with Gasteiger partial charge in [-0.1, -0.05) is 23.4 Å². The lowest BCUT2D eigenvalue weighted by Gasteiger charge is -2.04. The second-order valence-electron chi connectivity index (χ2n) is 5.89. The molecule has 2 N–H and O–H groups in total. The van der Waals surface area contributed by atoms with Gasteiger partial charge in [-0.25, -0.2) is 14.4 Å². The first kappa shape index (κ1) is 15.3. The van der Waals surface area contributed by atoms with Gasteiger partial charge >= 0.3 is 0 Å². The molecule has 6 heteroatoms. The van der Waals surface area contributed by atoms with Gasteiger partial charge in [-0.05, 0) is 42.8 Å². The predicted octanol–water partition coefficient (Wildman–Crippen LogP) is 3.91. The van der Waals surface area contributed by atoms with Crippen molar-refractivity contribution in [2.75, 3.05) is 5.73 Å². The van der Waals surface area contributed by atoms with Crippen molar-refractivity contribution in [1.82, 2.24) is 15.1 Å². The molecule has 0 bridgehead atoms. The third kappa shape index (κ3) is 3.06. The molecule has 0 fully saturated rings. The van der Waals surface area contributed by atoms with E-state index in [4.69, 9.17) is 10.3 Å². The van der Waals surface area contributed by atoms with E-state index >= 15 is 0 Å². The normalized spacial score (nSPS) is 11.1. The van der Waals surface area contributed by atoms with E-state index < -0.39 is 0 Å². The monoisotopic (exact) mass is 334 g/mol. The number of nitrogen functional groups attached to an aromatic ring is 1. The van der Waals surface area contributed by atoms with E-state index in [9.17, 15) is 4.39 Å². The zero-order chi connectivity index (χ0) is 17.4. The summed E-state index contributed by atoms with van der Waals surface area (Å²) in [5.74, 6) is 0.708. The van der Waals surface area contributed by atoms with Crippen LogP contribution < -0.4 is 5.73 Å². The number of benzene rings is 2. The molecule has 5 nitrogen and oxygen atoms in total. The molecule has 25 heavy (non-hydrogen) atoms. The van der Waals surface area contributed by atoms with Crippen molar-refractivity contribution in [2.45, 2.75) is 13.3 Å². The number of hydrogen-bond donors (Lipinski definition) is 1. The maximum absolute atomic E-state index is 13.1. The lowest BCUT2D eigenvalue weighted by molar-refractivity contribution is 0.397. The fourth-order valence-corrected chi connectivity index (χ4v) is 2.81. The fourth-order valence-electron chi connectivity index (χ4n) is 2.81. The van der Waals surface area contributed by atoms with Gasteiger partial charge in [0, 0.05) is 23.1 Å². The maximum Gasteiger partial charge on any atom is 0.220 e. The SMILES string of the molecule is Cc1cc(-c2ccc3noc(Cc4ccc(F)cc4)c3c2)nc(N)n1. The van der Waals surface area contributed by atoms with Crippen LogP contribution in [0.1, 0.15) is 17.0 Å². The minimum atomic E-state index is -0.259. The van der Waals surface area contributed by atoms with E-state index in [-0.39, 0.29) is 11.8 Å². The molecule has 0 saturated heterocycles. The van der Waals surface area contributed by atoms with Crippen LogP contribution in [0.5, 0.6) is 0 Å². The Balaban J connectivity index is 1.75. The summed E-state index contributed by atoms with van der Waals surface area (Å²) in [5, 5.41) is 5.00. The highest BCUT2D eigenvalue weighted by Gasteiger charge is 2.12. The van der Waals surface area contributed by atoms with Crippen LogP contribution in [0.25, 0.3) is 22.2 Å². The molecule has 124 valence electrons. The number of halogens is 1. The molecule has 0 saturated carbocycles. The summed E-state index contributed by atoms with van der Waals surface area (Å²) < 4.78 is 18.6. The highest BCUT2D eigenvalue weighted by Crippen LogP contribution is 2.27. The number of aromatic nitrogens is 3. The minimum absolute atomic E-state index is 0.243. The first-order valence-electron chi connectivity index (χ1n) is 7.83. The van der Waals surface area contributed by atoms with E-state index in [1.54, 1.807) is 12.1 Å². The molecule has 4 rings (SSSR count). The summed E-state index contributed by atoms with van der Waals surface area (Å²) in [7, 11) is 0. The van der Waals surface area contributed by atoms with Gasteiger partial charge in [0.2, 0.25) is 5.95 Å². The number of anilines is 1. The predicted molar refractivity (Wildman–Crippen MR) is 93.4 cm³/mol. The third-order valence-electron chi connectivity index (χ3n) is 4.00. The van der Waals surface area contributed by atoms with Gasteiger partial charge in [0.25, 0.3) is 0 Å². The second-order valence-corrected chi connectivity index (χ2v) is 5.89. The smallest absolute Gasteiger partial charge is 0.220 e. The Morgan fingerprint density at radius 2 is 1.84 bits per heavy atom. The number of nitrogens with zero attached hydrogens (tertiary/aromatic N) is 3. The molecule has 0 aliphatic heterocycles. The fraction of sp³-hybridized carbons (Fsp3) is 0.105. The van der Waals surface area contributed by atoms with Crippen LogP contribution in [0.15, 0.2) is 53.1 Å². The van der Waals surface area contributed by atoms with Crippen LogP contribution in [-0.2, 0) is 6.42 Å². The molecule has 2 aromatic carbocycles. The summed E-state index contributed by atoms with van der Waals surface area (Å²) in [6, 6.07) is 14.0. The third-order valence-corrected chi connectivity index (χ3v) is 4.00. The van der Waals surface area contributed by atoms with Crippen LogP contribution in [0, 0.1) is 12.7 Å². The van der Waals surface area contributed by atoms with Gasteiger partial charge in [0.1, 0.15) is 17.1 Å². The zero-order valence-corrected chi connectivity index (χ0v) is 13.5. The molecule has 4 aromatic rings. The Kier molecular flexibility index (Phi) is 3.65. The Morgan fingerprint density at radius 3 is 2.60 bits per heavy atom. The molecule has 2 heterocycles. The van der Waals surface area contributed by atoms with Crippen LogP contribution >= 0.6 is 0 Å². The van der Waals surface area contributed by atoms with E-state index in [1.807, 2.05) is 31.2 Å². The van der Waals surface area contributed by atoms with Crippen molar-refractivity contribution in [1.29, 1.82) is 0 Å². The number of hydrogen-bond acceptors (Lipinski definition) is 5. The topological polar surface area (TPSA) is 77.8 Å². The van der Waals surface area contributed by atoms with Crippen molar-refractivity contribution < 1.29 is 8.91 Å².